The van der Waals surface area contributed by atoms with E-state index in [1.54, 1.807) is 13.8 Å². The number of hydrogen-bond acceptors (Lipinski definition) is 5. The molecule has 2 rings (SSSR count). The van der Waals surface area contributed by atoms with Crippen molar-refractivity contribution in [2.75, 3.05) is 6.61 Å². The summed E-state index contributed by atoms with van der Waals surface area (Å²) in [6, 6.07) is 0. The molecule has 5 heteroatoms. The van der Waals surface area contributed by atoms with Crippen molar-refractivity contribution < 1.29 is 24.1 Å². The van der Waals surface area contributed by atoms with Gasteiger partial charge in [0.15, 0.2) is 5.79 Å². The minimum atomic E-state index is -1.12. The SMILES string of the molecule is C=C(C)C(=O)OC1CCCC(CC)(OC2(C)COC(C)(O)C2)CC1. The van der Waals surface area contributed by atoms with Gasteiger partial charge in [0.05, 0.1) is 17.8 Å². The van der Waals surface area contributed by atoms with Crippen molar-refractivity contribution in [2.45, 2.75) is 95.7 Å². The number of esters is 1. The number of hydrogen-bond donors (Lipinski definition) is 1. The first-order valence-electron chi connectivity index (χ1n) is 9.02. The van der Waals surface area contributed by atoms with E-state index in [-0.39, 0.29) is 17.7 Å². The lowest BCUT2D eigenvalue weighted by molar-refractivity contribution is -0.159. The largest absolute Gasteiger partial charge is 0.459 e. The number of carbonyl (C=O) groups excluding carboxylic acids is 1. The molecule has 2 aliphatic rings. The van der Waals surface area contributed by atoms with Crippen molar-refractivity contribution >= 4 is 5.97 Å². The smallest absolute Gasteiger partial charge is 0.333 e. The van der Waals surface area contributed by atoms with Crippen molar-refractivity contribution in [2.24, 2.45) is 0 Å². The van der Waals surface area contributed by atoms with E-state index in [1.807, 2.05) is 6.92 Å². The molecule has 1 saturated heterocycles. The Kier molecular flexibility index (Phi) is 5.78. The van der Waals surface area contributed by atoms with Crippen LogP contribution < -0.4 is 0 Å². The summed E-state index contributed by atoms with van der Waals surface area (Å²) in [5.74, 6) is -1.43. The van der Waals surface area contributed by atoms with Gasteiger partial charge in [-0.25, -0.2) is 4.79 Å². The second-order valence-corrected chi connectivity index (χ2v) is 7.97. The van der Waals surface area contributed by atoms with Crippen molar-refractivity contribution in [1.82, 2.24) is 0 Å². The van der Waals surface area contributed by atoms with Gasteiger partial charge in [0.2, 0.25) is 0 Å². The third-order valence-corrected chi connectivity index (χ3v) is 5.20. The molecule has 0 radical (unpaired) electrons. The summed E-state index contributed by atoms with van der Waals surface area (Å²) >= 11 is 0. The molecule has 0 amide bonds. The Labute approximate surface area is 145 Å². The maximum absolute atomic E-state index is 11.8. The molecular weight excluding hydrogens is 308 g/mol. The molecule has 0 aromatic rings. The van der Waals surface area contributed by atoms with Gasteiger partial charge in [-0.05, 0) is 59.3 Å². The van der Waals surface area contributed by atoms with E-state index in [9.17, 15) is 9.90 Å². The second-order valence-electron chi connectivity index (χ2n) is 7.97. The highest BCUT2D eigenvalue weighted by Crippen LogP contribution is 2.42. The lowest BCUT2D eigenvalue weighted by atomic mass is 9.89. The van der Waals surface area contributed by atoms with E-state index in [1.165, 1.54) is 0 Å². The number of ether oxygens (including phenoxy) is 3. The summed E-state index contributed by atoms with van der Waals surface area (Å²) < 4.78 is 17.6. The average Bonchev–Trinajstić information content (AvgIpc) is 2.65. The fourth-order valence-corrected chi connectivity index (χ4v) is 3.94. The zero-order chi connectivity index (χ0) is 18.0. The van der Waals surface area contributed by atoms with Crippen LogP contribution in [0.3, 0.4) is 0 Å². The van der Waals surface area contributed by atoms with Gasteiger partial charge in [0, 0.05) is 12.0 Å². The van der Waals surface area contributed by atoms with Gasteiger partial charge in [-0.15, -0.1) is 0 Å². The summed E-state index contributed by atoms with van der Waals surface area (Å²) in [7, 11) is 0. The molecule has 1 aliphatic carbocycles. The summed E-state index contributed by atoms with van der Waals surface area (Å²) in [5.41, 5.74) is -0.286. The lowest BCUT2D eigenvalue weighted by Gasteiger charge is -2.39. The molecule has 0 aromatic heterocycles. The Bertz CT molecular complexity index is 486. The first-order chi connectivity index (χ1) is 11.1. The first-order valence-corrected chi connectivity index (χ1v) is 9.02. The van der Waals surface area contributed by atoms with E-state index < -0.39 is 11.4 Å². The fraction of sp³-hybridized carbons (Fsp3) is 0.842. The van der Waals surface area contributed by atoms with Gasteiger partial charge < -0.3 is 19.3 Å². The first kappa shape index (κ1) is 19.4. The molecule has 1 heterocycles. The third-order valence-electron chi connectivity index (χ3n) is 5.20. The minimum Gasteiger partial charge on any atom is -0.459 e. The topological polar surface area (TPSA) is 65.0 Å². The molecule has 0 bridgehead atoms. The molecule has 5 nitrogen and oxygen atoms in total. The Morgan fingerprint density at radius 3 is 2.58 bits per heavy atom. The Morgan fingerprint density at radius 2 is 2.04 bits per heavy atom. The van der Waals surface area contributed by atoms with Crippen molar-refractivity contribution in [3.05, 3.63) is 12.2 Å². The van der Waals surface area contributed by atoms with Crippen molar-refractivity contribution in [1.29, 1.82) is 0 Å². The Hall–Kier alpha value is -0.910. The standard InChI is InChI=1S/C19H32O5/c1-6-19(24-17(4)12-18(5,21)22-13-17)10-7-8-15(9-11-19)23-16(20)14(2)3/h15,21H,2,6-13H2,1,3-5H3. The highest BCUT2D eigenvalue weighted by molar-refractivity contribution is 5.87. The van der Waals surface area contributed by atoms with Gasteiger partial charge >= 0.3 is 5.97 Å². The maximum atomic E-state index is 11.8. The summed E-state index contributed by atoms with van der Waals surface area (Å²) in [4.78, 5) is 11.8. The van der Waals surface area contributed by atoms with E-state index in [0.717, 1.165) is 38.5 Å². The van der Waals surface area contributed by atoms with Crippen LogP contribution in [-0.4, -0.2) is 40.8 Å². The van der Waals surface area contributed by atoms with Crippen LogP contribution in [0.2, 0.25) is 0 Å². The van der Waals surface area contributed by atoms with Crippen LogP contribution in [0.15, 0.2) is 12.2 Å². The molecule has 24 heavy (non-hydrogen) atoms. The normalized spacial score (nSPS) is 40.1. The molecule has 138 valence electrons. The van der Waals surface area contributed by atoms with Crippen LogP contribution in [0.1, 0.15) is 72.6 Å². The highest BCUT2D eigenvalue weighted by Gasteiger charge is 2.48. The number of rotatable bonds is 5. The number of carbonyl (C=O) groups is 1. The van der Waals surface area contributed by atoms with E-state index in [4.69, 9.17) is 14.2 Å². The molecule has 4 atom stereocenters. The van der Waals surface area contributed by atoms with Crippen LogP contribution >= 0.6 is 0 Å². The van der Waals surface area contributed by atoms with E-state index in [0.29, 0.717) is 18.6 Å². The van der Waals surface area contributed by atoms with E-state index in [2.05, 4.69) is 13.5 Å². The molecule has 2 fully saturated rings. The van der Waals surface area contributed by atoms with Crippen LogP contribution in [0.25, 0.3) is 0 Å². The summed E-state index contributed by atoms with van der Waals surface area (Å²) in [6.45, 7) is 11.5. The molecule has 0 spiro atoms. The van der Waals surface area contributed by atoms with Gasteiger partial charge in [-0.2, -0.15) is 0 Å². The molecule has 1 saturated carbocycles. The van der Waals surface area contributed by atoms with Gasteiger partial charge in [0.1, 0.15) is 6.10 Å². The lowest BCUT2D eigenvalue weighted by Crippen LogP contribution is -2.43. The average molecular weight is 340 g/mol. The van der Waals surface area contributed by atoms with Crippen LogP contribution in [0.5, 0.6) is 0 Å². The quantitative estimate of drug-likeness (QED) is 0.471. The Balaban J connectivity index is 2.00. The van der Waals surface area contributed by atoms with Crippen LogP contribution in [0.4, 0.5) is 0 Å². The van der Waals surface area contributed by atoms with Crippen molar-refractivity contribution in [3.8, 4) is 0 Å². The monoisotopic (exact) mass is 340 g/mol. The van der Waals surface area contributed by atoms with Gasteiger partial charge in [-0.1, -0.05) is 13.5 Å². The molecule has 0 aromatic carbocycles. The van der Waals surface area contributed by atoms with Gasteiger partial charge in [-0.3, -0.25) is 0 Å². The predicted octanol–water partition coefficient (Wildman–Crippen LogP) is 3.49. The minimum absolute atomic E-state index is 0.0676. The molecular formula is C19H32O5. The van der Waals surface area contributed by atoms with E-state index >= 15 is 0 Å². The molecule has 1 aliphatic heterocycles. The fourth-order valence-electron chi connectivity index (χ4n) is 3.94. The third kappa shape index (κ3) is 4.80. The summed E-state index contributed by atoms with van der Waals surface area (Å²) in [5, 5.41) is 10.1. The summed E-state index contributed by atoms with van der Waals surface area (Å²) in [6.07, 6.45) is 5.67. The predicted molar refractivity (Wildman–Crippen MR) is 91.5 cm³/mol. The highest BCUT2D eigenvalue weighted by atomic mass is 16.7. The zero-order valence-corrected chi connectivity index (χ0v) is 15.5. The van der Waals surface area contributed by atoms with Gasteiger partial charge in [0.25, 0.3) is 0 Å². The van der Waals surface area contributed by atoms with Crippen LogP contribution in [0, 0.1) is 0 Å². The maximum Gasteiger partial charge on any atom is 0.333 e. The van der Waals surface area contributed by atoms with Crippen LogP contribution in [-0.2, 0) is 19.0 Å². The zero-order valence-electron chi connectivity index (χ0n) is 15.5. The second kappa shape index (κ2) is 7.14. The molecule has 4 unspecified atom stereocenters. The van der Waals surface area contributed by atoms with Crippen molar-refractivity contribution in [3.63, 3.8) is 0 Å². The molecule has 1 N–H and O–H groups in total. The number of aliphatic hydroxyl groups is 1. The Morgan fingerprint density at radius 1 is 1.33 bits per heavy atom.